The average Bonchev–Trinajstić information content (AvgIpc) is 3.20. The molecule has 324 valence electrons. The Balaban J connectivity index is 4.23. The van der Waals surface area contributed by atoms with Crippen LogP contribution in [0, 0.1) is 0 Å². The molecule has 0 bridgehead atoms. The van der Waals surface area contributed by atoms with E-state index < -0.39 is 32.5 Å². The number of ether oxygens (including phenoxy) is 2. The summed E-state index contributed by atoms with van der Waals surface area (Å²) in [5.41, 5.74) is 5.34. The van der Waals surface area contributed by atoms with Gasteiger partial charge in [0, 0.05) is 19.4 Å². The van der Waals surface area contributed by atoms with Gasteiger partial charge in [-0.2, -0.15) is 0 Å². The number of phosphoric acid groups is 1. The molecule has 0 aliphatic rings. The number of allylic oxidation sites excluding steroid dienone is 16. The number of esters is 2. The smallest absolute Gasteiger partial charge is 0.462 e. The van der Waals surface area contributed by atoms with Gasteiger partial charge in [0.05, 0.1) is 13.2 Å². The second kappa shape index (κ2) is 42.5. The number of hydrogen-bond donors (Lipinski definition) is 2. The van der Waals surface area contributed by atoms with Gasteiger partial charge < -0.3 is 20.1 Å². The highest BCUT2D eigenvalue weighted by Crippen LogP contribution is 2.43. The Morgan fingerprint density at radius 2 is 0.912 bits per heavy atom. The Hall–Kier alpha value is -3.07. The lowest BCUT2D eigenvalue weighted by Gasteiger charge is -2.19. The predicted octanol–water partition coefficient (Wildman–Crippen LogP) is 12.6. The first-order chi connectivity index (χ1) is 27.8. The van der Waals surface area contributed by atoms with Crippen molar-refractivity contribution in [2.75, 3.05) is 26.4 Å². The van der Waals surface area contributed by atoms with Crippen molar-refractivity contribution in [2.45, 2.75) is 161 Å². The van der Waals surface area contributed by atoms with Crippen molar-refractivity contribution in [2.24, 2.45) is 5.73 Å². The van der Waals surface area contributed by atoms with Crippen LogP contribution in [0.15, 0.2) is 97.2 Å². The maximum absolute atomic E-state index is 12.6. The summed E-state index contributed by atoms with van der Waals surface area (Å²) in [4.78, 5) is 34.9. The first-order valence-corrected chi connectivity index (χ1v) is 23.2. The van der Waals surface area contributed by atoms with Crippen LogP contribution in [-0.2, 0) is 32.7 Å². The molecule has 0 radical (unpaired) electrons. The van der Waals surface area contributed by atoms with Gasteiger partial charge in [-0.15, -0.1) is 0 Å². The molecule has 10 heteroatoms. The third kappa shape index (κ3) is 42.4. The van der Waals surface area contributed by atoms with Gasteiger partial charge in [-0.05, 0) is 89.9 Å². The average molecular weight is 816 g/mol. The van der Waals surface area contributed by atoms with Crippen LogP contribution < -0.4 is 5.73 Å². The third-order valence-corrected chi connectivity index (χ3v) is 9.45. The van der Waals surface area contributed by atoms with E-state index >= 15 is 0 Å². The van der Waals surface area contributed by atoms with Crippen molar-refractivity contribution < 1.29 is 37.6 Å². The summed E-state index contributed by atoms with van der Waals surface area (Å²) in [6.45, 7) is 3.42. The van der Waals surface area contributed by atoms with Crippen LogP contribution >= 0.6 is 7.82 Å². The molecular weight excluding hydrogens is 737 g/mol. The molecule has 0 spiro atoms. The molecule has 0 aliphatic heterocycles. The number of rotatable bonds is 39. The van der Waals surface area contributed by atoms with Crippen LogP contribution in [-0.4, -0.2) is 49.3 Å². The Morgan fingerprint density at radius 3 is 1.39 bits per heavy atom. The molecule has 0 aromatic rings. The monoisotopic (exact) mass is 816 g/mol. The van der Waals surface area contributed by atoms with E-state index in [9.17, 15) is 19.0 Å². The van der Waals surface area contributed by atoms with E-state index in [2.05, 4.69) is 111 Å². The van der Waals surface area contributed by atoms with Crippen LogP contribution in [0.3, 0.4) is 0 Å². The fraction of sp³-hybridized carbons (Fsp3) is 0.617. The Bertz CT molecular complexity index is 1250. The van der Waals surface area contributed by atoms with Gasteiger partial charge in [0.1, 0.15) is 6.61 Å². The number of hydrogen-bond acceptors (Lipinski definition) is 8. The first-order valence-electron chi connectivity index (χ1n) is 21.7. The zero-order valence-corrected chi connectivity index (χ0v) is 36.4. The fourth-order valence-electron chi connectivity index (χ4n) is 5.32. The lowest BCUT2D eigenvalue weighted by atomic mass is 10.1. The molecule has 9 nitrogen and oxygen atoms in total. The van der Waals surface area contributed by atoms with Gasteiger partial charge in [-0.3, -0.25) is 18.6 Å². The first kappa shape index (κ1) is 53.9. The summed E-state index contributed by atoms with van der Waals surface area (Å²) in [5, 5.41) is 0. The van der Waals surface area contributed by atoms with Gasteiger partial charge in [0.25, 0.3) is 0 Å². The van der Waals surface area contributed by atoms with Crippen LogP contribution in [0.4, 0.5) is 0 Å². The lowest BCUT2D eigenvalue weighted by molar-refractivity contribution is -0.161. The van der Waals surface area contributed by atoms with E-state index in [1.54, 1.807) is 0 Å². The fourth-order valence-corrected chi connectivity index (χ4v) is 6.09. The van der Waals surface area contributed by atoms with Crippen LogP contribution in [0.2, 0.25) is 0 Å². The SMILES string of the molecule is CC/C=C\C/C=C\C/C=C\C/C=C\CCCCCCCCCCC(=O)OC(COC(=O)CCCC/C=C\C/C=C\C/C=C\C/C=C\CC)COP(=O)(O)OCCN. The summed E-state index contributed by atoms with van der Waals surface area (Å²) in [6, 6.07) is 0. The Labute approximate surface area is 346 Å². The summed E-state index contributed by atoms with van der Waals surface area (Å²) in [5.74, 6) is -0.897. The van der Waals surface area contributed by atoms with E-state index in [0.717, 1.165) is 89.9 Å². The maximum atomic E-state index is 12.6. The molecular formula is C47H78NO8P. The lowest BCUT2D eigenvalue weighted by Crippen LogP contribution is -2.29. The molecule has 0 aliphatic carbocycles. The normalized spacial score (nSPS) is 14.2. The summed E-state index contributed by atoms with van der Waals surface area (Å²) >= 11 is 0. The molecule has 0 amide bonds. The second-order valence-corrected chi connectivity index (χ2v) is 15.2. The van der Waals surface area contributed by atoms with Gasteiger partial charge in [0.2, 0.25) is 0 Å². The molecule has 0 saturated heterocycles. The highest BCUT2D eigenvalue weighted by Gasteiger charge is 2.25. The predicted molar refractivity (Wildman–Crippen MR) is 238 cm³/mol. The molecule has 0 heterocycles. The standard InChI is InChI=1S/C47H78NO8P/c1-3-5-7-9-11-13-15-17-19-20-21-22-23-24-26-28-30-32-34-36-38-40-47(50)56-45(44-55-57(51,52)54-42-41-48)43-53-46(49)39-37-35-33-31-29-27-25-18-16-14-12-10-8-6-4-2/h5-8,11-14,17-19,21-22,25,29,31,45H,3-4,9-10,15-16,20,23-24,26-28,30,32-44,48H2,1-2H3,(H,51,52)/b7-5-,8-6-,13-11-,14-12-,19-17-,22-21-,25-18-,31-29-. The summed E-state index contributed by atoms with van der Waals surface area (Å²) in [6.07, 6.45) is 54.4. The quantitative estimate of drug-likeness (QED) is 0.0269. The van der Waals surface area contributed by atoms with Crippen molar-refractivity contribution in [3.8, 4) is 0 Å². The molecule has 0 aromatic heterocycles. The largest absolute Gasteiger partial charge is 0.472 e. The van der Waals surface area contributed by atoms with Crippen LogP contribution in [0.5, 0.6) is 0 Å². The molecule has 2 unspecified atom stereocenters. The maximum Gasteiger partial charge on any atom is 0.472 e. The van der Waals surface area contributed by atoms with Crippen LogP contribution in [0.25, 0.3) is 0 Å². The highest BCUT2D eigenvalue weighted by atomic mass is 31.2. The minimum Gasteiger partial charge on any atom is -0.462 e. The molecule has 2 atom stereocenters. The summed E-state index contributed by atoms with van der Waals surface area (Å²) < 4.78 is 32.7. The molecule has 57 heavy (non-hydrogen) atoms. The van der Waals surface area contributed by atoms with Crippen molar-refractivity contribution in [3.05, 3.63) is 97.2 Å². The number of nitrogens with two attached hydrogens (primary N) is 1. The van der Waals surface area contributed by atoms with E-state index in [0.29, 0.717) is 12.8 Å². The number of carbonyl (C=O) groups is 2. The summed E-state index contributed by atoms with van der Waals surface area (Å²) in [7, 11) is -4.40. The van der Waals surface area contributed by atoms with E-state index in [1.165, 1.54) is 25.7 Å². The number of phosphoric ester groups is 1. The second-order valence-electron chi connectivity index (χ2n) is 13.8. The van der Waals surface area contributed by atoms with E-state index in [1.807, 2.05) is 0 Å². The molecule has 0 saturated carbocycles. The highest BCUT2D eigenvalue weighted by molar-refractivity contribution is 7.47. The Kier molecular flexibility index (Phi) is 40.2. The molecule has 0 fully saturated rings. The zero-order chi connectivity index (χ0) is 41.8. The topological polar surface area (TPSA) is 134 Å². The van der Waals surface area contributed by atoms with Gasteiger partial charge in [-0.1, -0.05) is 150 Å². The number of unbranched alkanes of at least 4 members (excludes halogenated alkanes) is 10. The Morgan fingerprint density at radius 1 is 0.526 bits per heavy atom. The van der Waals surface area contributed by atoms with Crippen molar-refractivity contribution in [1.29, 1.82) is 0 Å². The van der Waals surface area contributed by atoms with Crippen molar-refractivity contribution in [1.82, 2.24) is 0 Å². The molecule has 3 N–H and O–H groups in total. The number of carbonyl (C=O) groups excluding carboxylic acids is 2. The van der Waals surface area contributed by atoms with Gasteiger partial charge >= 0.3 is 19.8 Å². The van der Waals surface area contributed by atoms with Gasteiger partial charge in [-0.25, -0.2) is 4.57 Å². The molecule has 0 aromatic carbocycles. The third-order valence-electron chi connectivity index (χ3n) is 8.47. The van der Waals surface area contributed by atoms with E-state index in [4.69, 9.17) is 24.3 Å². The van der Waals surface area contributed by atoms with Gasteiger partial charge in [0.15, 0.2) is 6.10 Å². The molecule has 0 rings (SSSR count). The minimum atomic E-state index is -4.40. The van der Waals surface area contributed by atoms with Crippen LogP contribution in [0.1, 0.15) is 155 Å². The van der Waals surface area contributed by atoms with Crippen molar-refractivity contribution in [3.63, 3.8) is 0 Å². The zero-order valence-electron chi connectivity index (χ0n) is 35.5. The minimum absolute atomic E-state index is 0.0406. The van der Waals surface area contributed by atoms with E-state index in [-0.39, 0.29) is 32.6 Å². The van der Waals surface area contributed by atoms with Crippen molar-refractivity contribution >= 4 is 19.8 Å².